The molecular formula is C34H50. The molecule has 0 aromatic heterocycles. The Balaban J connectivity index is 0. The van der Waals surface area contributed by atoms with E-state index in [1.165, 1.54) is 44.5 Å². The minimum absolute atomic E-state index is 1.01. The van der Waals surface area contributed by atoms with Crippen molar-refractivity contribution >= 4 is 5.57 Å². The molecule has 0 saturated heterocycles. The van der Waals surface area contributed by atoms with Gasteiger partial charge in [0.05, 0.1) is 0 Å². The van der Waals surface area contributed by atoms with Crippen molar-refractivity contribution in [1.29, 1.82) is 0 Å². The van der Waals surface area contributed by atoms with Crippen LogP contribution >= 0.6 is 0 Å². The van der Waals surface area contributed by atoms with Crippen LogP contribution in [0.25, 0.3) is 5.57 Å². The maximum absolute atomic E-state index is 3.89. The third-order valence-electron chi connectivity index (χ3n) is 5.02. The summed E-state index contributed by atoms with van der Waals surface area (Å²) in [5, 5.41) is 0. The van der Waals surface area contributed by atoms with Crippen LogP contribution in [-0.2, 0) is 6.42 Å². The lowest BCUT2D eigenvalue weighted by Crippen LogP contribution is -1.88. The zero-order valence-corrected chi connectivity index (χ0v) is 24.0. The highest BCUT2D eigenvalue weighted by molar-refractivity contribution is 5.64. The second-order valence-electron chi connectivity index (χ2n) is 8.24. The minimum Gasteiger partial charge on any atom is -0.0998 e. The Kier molecular flexibility index (Phi) is 19.2. The molecule has 0 spiro atoms. The van der Waals surface area contributed by atoms with E-state index in [9.17, 15) is 0 Å². The first kappa shape index (κ1) is 33.3. The standard InChI is InChI=1S/C11H14.C10H12.C9H12.2C2H6/c1-9(2)8-11-7-5-4-6-10(11)3;1-8(2)10-7-5-4-6-9(10)3;1-7-4-5-8(2)9(3)6-7;2*1-2/h4-7H,1,8H2,2-3H3;4-7H,1H2,2-3H3;4-6H,1-3H3;2*1-2H3. The summed E-state index contributed by atoms with van der Waals surface area (Å²) in [6, 6.07) is 23.2. The second-order valence-corrected chi connectivity index (χ2v) is 8.24. The molecule has 0 fully saturated rings. The number of allylic oxidation sites excluding steroid dienone is 2. The van der Waals surface area contributed by atoms with Crippen molar-refractivity contribution in [2.45, 2.75) is 82.6 Å². The normalized spacial score (nSPS) is 8.79. The first-order valence-corrected chi connectivity index (χ1v) is 12.6. The van der Waals surface area contributed by atoms with Gasteiger partial charge in [0.2, 0.25) is 0 Å². The maximum Gasteiger partial charge on any atom is -0.00700 e. The highest BCUT2D eigenvalue weighted by Crippen LogP contribution is 2.15. The van der Waals surface area contributed by atoms with Gasteiger partial charge in [0.1, 0.15) is 0 Å². The van der Waals surface area contributed by atoms with Crippen LogP contribution in [0.15, 0.2) is 85.5 Å². The van der Waals surface area contributed by atoms with Crippen LogP contribution < -0.4 is 0 Å². The van der Waals surface area contributed by atoms with Crippen LogP contribution in [0, 0.1) is 34.6 Å². The van der Waals surface area contributed by atoms with Crippen LogP contribution in [-0.4, -0.2) is 0 Å². The van der Waals surface area contributed by atoms with E-state index in [1.54, 1.807) is 0 Å². The van der Waals surface area contributed by atoms with E-state index in [-0.39, 0.29) is 0 Å². The van der Waals surface area contributed by atoms with Gasteiger partial charge < -0.3 is 0 Å². The van der Waals surface area contributed by atoms with E-state index >= 15 is 0 Å². The summed E-state index contributed by atoms with van der Waals surface area (Å²) in [5.74, 6) is 0. The zero-order valence-electron chi connectivity index (χ0n) is 24.0. The largest absolute Gasteiger partial charge is 0.0998 e. The van der Waals surface area contributed by atoms with Crippen LogP contribution in [0.4, 0.5) is 0 Å². The first-order chi connectivity index (χ1) is 16.1. The third kappa shape index (κ3) is 14.3. The summed E-state index contributed by atoms with van der Waals surface area (Å²) >= 11 is 0. The fourth-order valence-corrected chi connectivity index (χ4v) is 3.08. The number of benzene rings is 3. The molecule has 0 aliphatic carbocycles. The summed E-state index contributed by atoms with van der Waals surface area (Å²) in [5.41, 5.74) is 11.8. The molecule has 3 aromatic rings. The topological polar surface area (TPSA) is 0 Å². The molecule has 0 nitrogen and oxygen atoms in total. The first-order valence-electron chi connectivity index (χ1n) is 12.6. The summed E-state index contributed by atoms with van der Waals surface area (Å²) < 4.78 is 0. The van der Waals surface area contributed by atoms with Gasteiger partial charge in [0, 0.05) is 0 Å². The lowest BCUT2D eigenvalue weighted by atomic mass is 10.0. The Morgan fingerprint density at radius 2 is 1.09 bits per heavy atom. The fourth-order valence-electron chi connectivity index (χ4n) is 3.08. The molecular weight excluding hydrogens is 408 g/mol. The van der Waals surface area contributed by atoms with Gasteiger partial charge in [-0.05, 0) is 88.3 Å². The van der Waals surface area contributed by atoms with Crippen molar-refractivity contribution in [3.05, 3.63) is 124 Å². The highest BCUT2D eigenvalue weighted by atomic mass is 14.0. The quantitative estimate of drug-likeness (QED) is 0.342. The van der Waals surface area contributed by atoms with Gasteiger partial charge in [-0.3, -0.25) is 0 Å². The summed E-state index contributed by atoms with van der Waals surface area (Å²) in [4.78, 5) is 0. The van der Waals surface area contributed by atoms with Gasteiger partial charge in [-0.2, -0.15) is 0 Å². The fraction of sp³-hybridized carbons (Fsp3) is 0.353. The molecule has 0 amide bonds. The van der Waals surface area contributed by atoms with Crippen molar-refractivity contribution in [1.82, 2.24) is 0 Å². The van der Waals surface area contributed by atoms with Crippen LogP contribution in [0.2, 0.25) is 0 Å². The molecule has 34 heavy (non-hydrogen) atoms. The van der Waals surface area contributed by atoms with Crippen molar-refractivity contribution < 1.29 is 0 Å². The molecule has 0 unspecified atom stereocenters. The Morgan fingerprint density at radius 3 is 1.47 bits per heavy atom. The van der Waals surface area contributed by atoms with Gasteiger partial charge in [-0.15, -0.1) is 0 Å². The molecule has 0 heterocycles. The molecule has 0 saturated carbocycles. The molecule has 0 heteroatoms. The van der Waals surface area contributed by atoms with Gasteiger partial charge in [-0.1, -0.05) is 124 Å². The van der Waals surface area contributed by atoms with Crippen LogP contribution in [0.5, 0.6) is 0 Å². The Labute approximate surface area is 212 Å². The third-order valence-corrected chi connectivity index (χ3v) is 5.02. The summed E-state index contributed by atoms with van der Waals surface area (Å²) in [6.07, 6.45) is 1.01. The molecule has 3 rings (SSSR count). The van der Waals surface area contributed by atoms with E-state index in [0.717, 1.165) is 12.0 Å². The van der Waals surface area contributed by atoms with Crippen molar-refractivity contribution in [3.63, 3.8) is 0 Å². The van der Waals surface area contributed by atoms with Crippen molar-refractivity contribution in [2.75, 3.05) is 0 Å². The Hall–Kier alpha value is -2.86. The van der Waals surface area contributed by atoms with Gasteiger partial charge in [0.25, 0.3) is 0 Å². The minimum atomic E-state index is 1.01. The lowest BCUT2D eigenvalue weighted by molar-refractivity contribution is 1.13. The highest BCUT2D eigenvalue weighted by Gasteiger charge is 1.95. The number of aryl methyl sites for hydroxylation is 5. The molecule has 0 radical (unpaired) electrons. The van der Waals surface area contributed by atoms with Crippen LogP contribution in [0.1, 0.15) is 80.5 Å². The smallest absolute Gasteiger partial charge is 0.00700 e. The molecule has 0 aliphatic heterocycles. The maximum atomic E-state index is 3.89. The van der Waals surface area contributed by atoms with E-state index < -0.39 is 0 Å². The number of hydrogen-bond donors (Lipinski definition) is 0. The SMILES string of the molecule is C=C(C)Cc1ccccc1C.C=C(C)c1ccccc1C.CC.CC.Cc1ccc(C)c(C)c1. The van der Waals surface area contributed by atoms with E-state index in [4.69, 9.17) is 0 Å². The average Bonchev–Trinajstić information content (AvgIpc) is 2.81. The Morgan fingerprint density at radius 1 is 0.588 bits per heavy atom. The molecule has 0 aliphatic rings. The summed E-state index contributed by atoms with van der Waals surface area (Å²) in [7, 11) is 0. The van der Waals surface area contributed by atoms with Crippen molar-refractivity contribution in [2.24, 2.45) is 0 Å². The monoisotopic (exact) mass is 458 g/mol. The van der Waals surface area contributed by atoms with Gasteiger partial charge >= 0.3 is 0 Å². The summed E-state index contributed by atoms with van der Waals surface area (Å²) in [6.45, 7) is 30.5. The van der Waals surface area contributed by atoms with E-state index in [0.29, 0.717) is 0 Å². The Bertz CT molecular complexity index is 973. The second kappa shape index (κ2) is 19.6. The predicted molar refractivity (Wildman–Crippen MR) is 159 cm³/mol. The van der Waals surface area contributed by atoms with E-state index in [1.807, 2.05) is 46.8 Å². The van der Waals surface area contributed by atoms with Crippen molar-refractivity contribution in [3.8, 4) is 0 Å². The molecule has 186 valence electrons. The average molecular weight is 459 g/mol. The molecule has 0 bridgehead atoms. The van der Waals surface area contributed by atoms with E-state index in [2.05, 4.69) is 109 Å². The zero-order chi connectivity index (χ0) is 26.7. The van der Waals surface area contributed by atoms with Gasteiger partial charge in [0.15, 0.2) is 0 Å². The lowest BCUT2D eigenvalue weighted by Gasteiger charge is -2.03. The predicted octanol–water partition coefficient (Wildman–Crippen LogP) is 10.8. The molecule has 0 atom stereocenters. The van der Waals surface area contributed by atoms with Crippen LogP contribution in [0.3, 0.4) is 0 Å². The van der Waals surface area contributed by atoms with Gasteiger partial charge in [-0.25, -0.2) is 0 Å². The number of hydrogen-bond acceptors (Lipinski definition) is 0. The molecule has 3 aromatic carbocycles. The molecule has 0 N–H and O–H groups in total. The number of rotatable bonds is 3.